The van der Waals surface area contributed by atoms with Gasteiger partial charge in [-0.3, -0.25) is 4.99 Å². The summed E-state index contributed by atoms with van der Waals surface area (Å²) in [5.41, 5.74) is 1.81. The highest BCUT2D eigenvalue weighted by molar-refractivity contribution is 8.13. The molecule has 1 fully saturated rings. The molecule has 6 nitrogen and oxygen atoms in total. The zero-order valence-electron chi connectivity index (χ0n) is 14.7. The Morgan fingerprint density at radius 2 is 1.89 bits per heavy atom. The smallest absolute Gasteiger partial charge is 0.231 e. The molecule has 3 aliphatic heterocycles. The fourth-order valence-corrected chi connectivity index (χ4v) is 6.62. The number of thioether (sulfide) groups is 1. The molecule has 0 saturated carbocycles. The average molecular weight is 420 g/mol. The zero-order valence-corrected chi connectivity index (χ0v) is 16.4. The topological polar surface area (TPSA) is 68.2 Å². The number of halogens is 1. The van der Waals surface area contributed by atoms with Crippen LogP contribution in [-0.2, 0) is 15.6 Å². The number of sulfone groups is 1. The van der Waals surface area contributed by atoms with Crippen LogP contribution >= 0.6 is 11.8 Å². The van der Waals surface area contributed by atoms with Crippen LogP contribution in [-0.4, -0.2) is 44.0 Å². The highest BCUT2D eigenvalue weighted by Gasteiger charge is 2.47. The first kappa shape index (κ1) is 17.8. The van der Waals surface area contributed by atoms with Crippen molar-refractivity contribution in [3.05, 3.63) is 53.8 Å². The van der Waals surface area contributed by atoms with Crippen LogP contribution < -0.4 is 14.4 Å². The first-order valence-corrected chi connectivity index (χ1v) is 11.6. The lowest BCUT2D eigenvalue weighted by Crippen LogP contribution is -2.39. The number of nitrogens with zero attached hydrogens (tertiary/aromatic N) is 2. The Kier molecular flexibility index (Phi) is 4.24. The van der Waals surface area contributed by atoms with Crippen LogP contribution in [0.15, 0.2) is 47.5 Å². The lowest BCUT2D eigenvalue weighted by Gasteiger charge is -2.26. The van der Waals surface area contributed by atoms with Crippen LogP contribution in [0.25, 0.3) is 0 Å². The summed E-state index contributed by atoms with van der Waals surface area (Å²) in [6.45, 7) is 0.180. The van der Waals surface area contributed by atoms with Crippen molar-refractivity contribution in [2.75, 3.05) is 23.2 Å². The number of amidine groups is 1. The lowest BCUT2D eigenvalue weighted by molar-refractivity contribution is 0.174. The fraction of sp³-hybridized carbons (Fsp3) is 0.316. The van der Waals surface area contributed by atoms with E-state index in [-0.39, 0.29) is 36.2 Å². The molecule has 0 aromatic heterocycles. The van der Waals surface area contributed by atoms with E-state index in [1.54, 1.807) is 12.1 Å². The molecule has 3 heterocycles. The summed E-state index contributed by atoms with van der Waals surface area (Å²) in [5.74, 6) is 1.82. The monoisotopic (exact) mass is 420 g/mol. The predicted molar refractivity (Wildman–Crippen MR) is 106 cm³/mol. The highest BCUT2D eigenvalue weighted by Crippen LogP contribution is 2.40. The molecule has 2 aromatic rings. The maximum Gasteiger partial charge on any atom is 0.231 e. The molecule has 1 saturated heterocycles. The molecule has 2 atom stereocenters. The summed E-state index contributed by atoms with van der Waals surface area (Å²) < 4.78 is 48.3. The molecular weight excluding hydrogens is 403 g/mol. The second-order valence-corrected chi connectivity index (χ2v) is 10.0. The first-order valence-electron chi connectivity index (χ1n) is 8.83. The minimum Gasteiger partial charge on any atom is -0.454 e. The molecule has 0 spiro atoms. The first-order chi connectivity index (χ1) is 13.5. The Hall–Kier alpha value is -2.26. The minimum atomic E-state index is -3.11. The van der Waals surface area contributed by atoms with Crippen LogP contribution in [0.5, 0.6) is 11.5 Å². The summed E-state index contributed by atoms with van der Waals surface area (Å²) in [7, 11) is -3.11. The molecule has 0 N–H and O–H groups in total. The van der Waals surface area contributed by atoms with Crippen molar-refractivity contribution in [3.63, 3.8) is 0 Å². The molecule has 0 bridgehead atoms. The van der Waals surface area contributed by atoms with E-state index in [9.17, 15) is 12.8 Å². The van der Waals surface area contributed by atoms with E-state index in [1.807, 2.05) is 23.1 Å². The fourth-order valence-electron chi connectivity index (χ4n) is 3.70. The highest BCUT2D eigenvalue weighted by atomic mass is 32.2. The van der Waals surface area contributed by atoms with Crippen LogP contribution in [0.1, 0.15) is 5.56 Å². The average Bonchev–Trinajstić information content (AvgIpc) is 3.32. The van der Waals surface area contributed by atoms with Gasteiger partial charge in [-0.25, -0.2) is 12.8 Å². The third-order valence-electron chi connectivity index (χ3n) is 5.02. The van der Waals surface area contributed by atoms with Gasteiger partial charge < -0.3 is 14.4 Å². The number of fused-ring (bicyclic) bond motifs is 2. The van der Waals surface area contributed by atoms with Crippen molar-refractivity contribution < 1.29 is 22.3 Å². The molecule has 0 amide bonds. The van der Waals surface area contributed by atoms with Crippen LogP contribution in [0.4, 0.5) is 10.1 Å². The Labute approximate surface area is 166 Å². The van der Waals surface area contributed by atoms with Gasteiger partial charge in [0.1, 0.15) is 5.82 Å². The summed E-state index contributed by atoms with van der Waals surface area (Å²) in [4.78, 5) is 6.70. The number of ether oxygens (including phenoxy) is 2. The predicted octanol–water partition coefficient (Wildman–Crippen LogP) is 2.83. The minimum absolute atomic E-state index is 0.0688. The summed E-state index contributed by atoms with van der Waals surface area (Å²) >= 11 is 1.52. The summed E-state index contributed by atoms with van der Waals surface area (Å²) in [6, 6.07) is 11.5. The van der Waals surface area contributed by atoms with Crippen LogP contribution in [0.3, 0.4) is 0 Å². The zero-order chi connectivity index (χ0) is 19.3. The van der Waals surface area contributed by atoms with Gasteiger partial charge in [0.2, 0.25) is 6.79 Å². The third kappa shape index (κ3) is 3.22. The maximum absolute atomic E-state index is 13.1. The van der Waals surface area contributed by atoms with E-state index in [0.29, 0.717) is 17.3 Å². The van der Waals surface area contributed by atoms with Crippen LogP contribution in [0.2, 0.25) is 0 Å². The van der Waals surface area contributed by atoms with Gasteiger partial charge in [-0.1, -0.05) is 23.9 Å². The number of rotatable bonds is 3. The van der Waals surface area contributed by atoms with Gasteiger partial charge in [0, 0.05) is 17.5 Å². The molecular formula is C19H17FN2O4S2. The van der Waals surface area contributed by atoms with Crippen molar-refractivity contribution in [1.82, 2.24) is 0 Å². The number of hydrogen-bond acceptors (Lipinski definition) is 7. The van der Waals surface area contributed by atoms with Gasteiger partial charge in [0.15, 0.2) is 26.5 Å². The van der Waals surface area contributed by atoms with Gasteiger partial charge in [-0.2, -0.15) is 0 Å². The Bertz CT molecular complexity index is 1060. The molecule has 0 unspecified atom stereocenters. The Morgan fingerprint density at radius 1 is 1.11 bits per heavy atom. The van der Waals surface area contributed by atoms with Gasteiger partial charge in [-0.15, -0.1) is 0 Å². The van der Waals surface area contributed by atoms with E-state index < -0.39 is 9.84 Å². The number of benzene rings is 2. The van der Waals surface area contributed by atoms with Gasteiger partial charge >= 0.3 is 0 Å². The quantitative estimate of drug-likeness (QED) is 0.761. The molecule has 0 radical (unpaired) electrons. The molecule has 0 aliphatic carbocycles. The van der Waals surface area contributed by atoms with Crippen molar-refractivity contribution in [2.45, 2.75) is 17.8 Å². The number of hydrogen-bond donors (Lipinski definition) is 0. The van der Waals surface area contributed by atoms with E-state index in [4.69, 9.17) is 14.5 Å². The molecule has 5 rings (SSSR count). The standard InChI is InChI=1S/C19H17FN2O4S2/c20-13-3-1-12(2-4-13)8-27-19-21-15-9-28(23,24)10-16(15)22(19)14-5-6-17-18(7-14)26-11-25-17/h1-7,15-16H,8-11H2/t15-,16+/m0/s1. The lowest BCUT2D eigenvalue weighted by atomic mass is 10.1. The van der Waals surface area contributed by atoms with Gasteiger partial charge in [0.25, 0.3) is 0 Å². The van der Waals surface area contributed by atoms with E-state index in [2.05, 4.69) is 0 Å². The van der Waals surface area contributed by atoms with Crippen molar-refractivity contribution in [1.29, 1.82) is 0 Å². The normalized spacial score (nSPS) is 24.3. The van der Waals surface area contributed by atoms with Gasteiger partial charge in [0.05, 0.1) is 23.6 Å². The van der Waals surface area contributed by atoms with E-state index >= 15 is 0 Å². The van der Waals surface area contributed by atoms with E-state index in [1.165, 1.54) is 23.9 Å². The van der Waals surface area contributed by atoms with Crippen molar-refractivity contribution >= 4 is 32.5 Å². The summed E-state index contributed by atoms with van der Waals surface area (Å²) in [6.07, 6.45) is 0. The maximum atomic E-state index is 13.1. The van der Waals surface area contributed by atoms with Crippen molar-refractivity contribution in [3.8, 4) is 11.5 Å². The van der Waals surface area contributed by atoms with Gasteiger partial charge in [-0.05, 0) is 29.8 Å². The largest absolute Gasteiger partial charge is 0.454 e. The SMILES string of the molecule is O=S1(=O)C[C@@H]2N=C(SCc3ccc(F)cc3)N(c3ccc4c(c3)OCO4)[C@@H]2C1. The number of anilines is 1. The van der Waals surface area contributed by atoms with Crippen LogP contribution in [0, 0.1) is 5.82 Å². The molecule has 2 aromatic carbocycles. The Morgan fingerprint density at radius 3 is 2.71 bits per heavy atom. The number of aliphatic imine (C=N–C) groups is 1. The Balaban J connectivity index is 1.44. The summed E-state index contributed by atoms with van der Waals surface area (Å²) in [5, 5.41) is 0.771. The second-order valence-electron chi connectivity index (χ2n) is 6.95. The van der Waals surface area contributed by atoms with E-state index in [0.717, 1.165) is 16.4 Å². The van der Waals surface area contributed by atoms with Crippen molar-refractivity contribution in [2.24, 2.45) is 4.99 Å². The molecule has 146 valence electrons. The molecule has 9 heteroatoms. The second kappa shape index (κ2) is 6.66. The molecule has 3 aliphatic rings. The third-order valence-corrected chi connectivity index (χ3v) is 7.76. The molecule has 28 heavy (non-hydrogen) atoms.